The van der Waals surface area contributed by atoms with Crippen LogP contribution in [0.25, 0.3) is 0 Å². The Balaban J connectivity index is 1.28. The maximum absolute atomic E-state index is 14.3. The molecule has 0 saturated heterocycles. The van der Waals surface area contributed by atoms with E-state index in [-0.39, 0.29) is 22.8 Å². The number of allylic oxidation sites excluding steroid dienone is 1. The van der Waals surface area contributed by atoms with Crippen LogP contribution in [-0.2, 0) is 33.0 Å². The monoisotopic (exact) mass is 685 g/mol. The zero-order chi connectivity index (χ0) is 34.2. The van der Waals surface area contributed by atoms with Crippen LogP contribution in [0.4, 0.5) is 5.69 Å². The standard InChI is InChI=1S/C38H47N5O5S/c1-4-43-23-30(21-39-43)37(45)41-49(46)18-7-5-6-10-34(47-3)31-14-12-29(31)22-42-24-38(17-8-9-27-19-26(2)11-15-32(27)38)25-48-35-16-13-28(20-33(35)42)36(44)40-49/h6,10-11,13,15-16,19-21,23,29,31,34H,4-5,7-9,12,14,17-18,22,24-25H2,1-3H3,(H,40,41,44,45,46)/b10-6+/t29-,31+,34-,38-,49?/m0/s1. The van der Waals surface area contributed by atoms with Crippen molar-refractivity contribution in [1.29, 1.82) is 0 Å². The van der Waals surface area contributed by atoms with Gasteiger partial charge in [-0.2, -0.15) is 5.10 Å². The Bertz CT molecular complexity index is 1890. The van der Waals surface area contributed by atoms with Gasteiger partial charge in [-0.25, -0.2) is 4.21 Å². The molecule has 3 aromatic rings. The van der Waals surface area contributed by atoms with Crippen LogP contribution in [0.2, 0.25) is 0 Å². The molecule has 5 atom stereocenters. The number of benzene rings is 2. The van der Waals surface area contributed by atoms with E-state index in [1.54, 1.807) is 24.1 Å². The Kier molecular flexibility index (Phi) is 9.41. The van der Waals surface area contributed by atoms with Crippen LogP contribution in [0.5, 0.6) is 5.75 Å². The zero-order valence-electron chi connectivity index (χ0n) is 28.7. The van der Waals surface area contributed by atoms with Crippen molar-refractivity contribution in [3.05, 3.63) is 88.8 Å². The topological polar surface area (TPSA) is 115 Å². The van der Waals surface area contributed by atoms with Gasteiger partial charge in [0, 0.05) is 43.9 Å². The maximum Gasteiger partial charge on any atom is 0.286 e. The van der Waals surface area contributed by atoms with E-state index in [4.69, 9.17) is 9.47 Å². The average molecular weight is 686 g/mol. The number of carbonyl (C=O) groups excluding carboxylic acids is 2. The van der Waals surface area contributed by atoms with E-state index in [1.807, 2.05) is 19.1 Å². The largest absolute Gasteiger partial charge is 0.490 e. The van der Waals surface area contributed by atoms with Gasteiger partial charge in [-0.05, 0) is 100.0 Å². The van der Waals surface area contributed by atoms with E-state index >= 15 is 0 Å². The van der Waals surface area contributed by atoms with E-state index in [2.05, 4.69) is 56.4 Å². The predicted molar refractivity (Wildman–Crippen MR) is 190 cm³/mol. The van der Waals surface area contributed by atoms with Crippen molar-refractivity contribution in [2.75, 3.05) is 37.5 Å². The van der Waals surface area contributed by atoms with Crippen LogP contribution in [0.3, 0.4) is 0 Å². The number of fused-ring (bicyclic) bond motifs is 4. The number of nitrogens with one attached hydrogen (secondary N) is 1. The molecule has 2 aliphatic heterocycles. The van der Waals surface area contributed by atoms with E-state index in [0.717, 1.165) is 56.6 Å². The van der Waals surface area contributed by atoms with Crippen LogP contribution in [0, 0.1) is 18.8 Å². The Morgan fingerprint density at radius 2 is 2.06 bits per heavy atom. The molecule has 1 fully saturated rings. The number of ether oxygens (including phenoxy) is 2. The van der Waals surface area contributed by atoms with Gasteiger partial charge < -0.3 is 14.4 Å². The highest BCUT2D eigenvalue weighted by Gasteiger charge is 2.44. The molecule has 1 saturated carbocycles. The fraction of sp³-hybridized carbons (Fsp3) is 0.500. The van der Waals surface area contributed by atoms with Crippen molar-refractivity contribution in [1.82, 2.24) is 14.5 Å². The second-order valence-electron chi connectivity index (χ2n) is 14.2. The molecule has 2 bridgehead atoms. The molecule has 10 nitrogen and oxygen atoms in total. The molecule has 0 radical (unpaired) electrons. The molecule has 260 valence electrons. The molecule has 49 heavy (non-hydrogen) atoms. The van der Waals surface area contributed by atoms with Crippen molar-refractivity contribution in [2.45, 2.75) is 76.9 Å². The second-order valence-corrected chi connectivity index (χ2v) is 16.3. The summed E-state index contributed by atoms with van der Waals surface area (Å²) in [7, 11) is -1.69. The van der Waals surface area contributed by atoms with Gasteiger partial charge in [0.05, 0.1) is 35.9 Å². The number of methoxy groups -OCH3 is 1. The normalized spacial score (nSPS) is 29.0. The maximum atomic E-state index is 14.3. The fourth-order valence-electron chi connectivity index (χ4n) is 8.13. The third kappa shape index (κ3) is 6.79. The van der Waals surface area contributed by atoms with E-state index in [1.165, 1.54) is 22.9 Å². The minimum Gasteiger partial charge on any atom is -0.490 e. The molecule has 1 aromatic heterocycles. The first-order valence-electron chi connectivity index (χ1n) is 17.6. The van der Waals surface area contributed by atoms with E-state index in [0.29, 0.717) is 43.4 Å². The summed E-state index contributed by atoms with van der Waals surface area (Å²) in [4.78, 5) is 29.5. The highest BCUT2D eigenvalue weighted by Crippen LogP contribution is 2.46. The Morgan fingerprint density at radius 3 is 2.84 bits per heavy atom. The molecule has 2 aliphatic carbocycles. The molecular weight excluding hydrogens is 639 g/mol. The van der Waals surface area contributed by atoms with E-state index < -0.39 is 21.7 Å². The number of anilines is 1. The Labute approximate surface area is 289 Å². The quantitative estimate of drug-likeness (QED) is 0.334. The summed E-state index contributed by atoms with van der Waals surface area (Å²) in [6, 6.07) is 12.2. The first kappa shape index (κ1) is 33.5. The SMILES string of the molecule is CCn1cc(C(=O)NS2(=O)=NC(=O)c3ccc4c(c3)N(C[C@@H]3CC[C@H]3[C@@H](OC)/C=C/CCC2)C[C@@]2(CCCc3cc(C)ccc32)CO4)cn1. The lowest BCUT2D eigenvalue weighted by atomic mass is 9.68. The Hall–Kier alpha value is -3.96. The highest BCUT2D eigenvalue weighted by atomic mass is 32.2. The molecule has 2 amide bonds. The molecule has 11 heteroatoms. The predicted octanol–water partition coefficient (Wildman–Crippen LogP) is 6.03. The molecule has 1 spiro atoms. The average Bonchev–Trinajstić information content (AvgIpc) is 3.51. The second kappa shape index (κ2) is 13.7. The van der Waals surface area contributed by atoms with Gasteiger partial charge in [0.25, 0.3) is 11.8 Å². The summed E-state index contributed by atoms with van der Waals surface area (Å²) in [5, 5.41) is 4.17. The third-order valence-electron chi connectivity index (χ3n) is 10.9. The number of hydrogen-bond donors (Lipinski definition) is 1. The lowest BCUT2D eigenvalue weighted by Crippen LogP contribution is -2.49. The number of nitrogens with zero attached hydrogens (tertiary/aromatic N) is 4. The molecule has 4 aliphatic rings. The van der Waals surface area contributed by atoms with Crippen LogP contribution in [-0.4, -0.2) is 64.5 Å². The lowest BCUT2D eigenvalue weighted by molar-refractivity contribution is 0.0132. The number of aryl methyl sites for hydroxylation is 3. The zero-order valence-corrected chi connectivity index (χ0v) is 29.5. The van der Waals surface area contributed by atoms with Gasteiger partial charge in [0.2, 0.25) is 0 Å². The number of hydrogen-bond acceptors (Lipinski definition) is 7. The number of amides is 2. The lowest BCUT2D eigenvalue weighted by Gasteiger charge is -2.46. The van der Waals surface area contributed by atoms with Gasteiger partial charge in [0.15, 0.2) is 0 Å². The molecule has 1 N–H and O–H groups in total. The minimum atomic E-state index is -3.46. The molecule has 3 heterocycles. The first-order chi connectivity index (χ1) is 23.7. The number of aromatic nitrogens is 2. The third-order valence-corrected chi connectivity index (χ3v) is 12.7. The van der Waals surface area contributed by atoms with Crippen LogP contribution < -0.4 is 14.4 Å². The fourth-order valence-corrected chi connectivity index (χ4v) is 9.71. The summed E-state index contributed by atoms with van der Waals surface area (Å²) in [5.41, 5.74) is 5.26. The van der Waals surface area contributed by atoms with Crippen LogP contribution >= 0.6 is 0 Å². The van der Waals surface area contributed by atoms with Gasteiger partial charge in [0.1, 0.15) is 15.7 Å². The summed E-state index contributed by atoms with van der Waals surface area (Å²) >= 11 is 0. The summed E-state index contributed by atoms with van der Waals surface area (Å²) < 4.78 is 35.4. The van der Waals surface area contributed by atoms with Crippen LogP contribution in [0.1, 0.15) is 82.9 Å². The van der Waals surface area contributed by atoms with Crippen molar-refractivity contribution in [2.24, 2.45) is 16.2 Å². The summed E-state index contributed by atoms with van der Waals surface area (Å²) in [6.45, 7) is 6.78. The Morgan fingerprint density at radius 1 is 1.18 bits per heavy atom. The molecule has 1 unspecified atom stereocenters. The minimum absolute atomic E-state index is 0.0292. The van der Waals surface area contributed by atoms with Gasteiger partial charge >= 0.3 is 0 Å². The van der Waals surface area contributed by atoms with Crippen molar-refractivity contribution in [3.63, 3.8) is 0 Å². The van der Waals surface area contributed by atoms with E-state index in [9.17, 15) is 13.8 Å². The first-order valence-corrected chi connectivity index (χ1v) is 19.3. The van der Waals surface area contributed by atoms with Crippen molar-refractivity contribution in [3.8, 4) is 5.75 Å². The molecular formula is C38H47N5O5S. The summed E-state index contributed by atoms with van der Waals surface area (Å²) in [6.07, 6.45) is 13.7. The highest BCUT2D eigenvalue weighted by molar-refractivity contribution is 7.92. The van der Waals surface area contributed by atoms with Gasteiger partial charge in [-0.15, -0.1) is 4.36 Å². The molecule has 2 aromatic carbocycles. The summed E-state index contributed by atoms with van der Waals surface area (Å²) in [5.74, 6) is 0.347. The van der Waals surface area contributed by atoms with Crippen molar-refractivity contribution < 1.29 is 23.3 Å². The van der Waals surface area contributed by atoms with Crippen molar-refractivity contribution >= 4 is 27.4 Å². The number of rotatable bonds is 4. The van der Waals surface area contributed by atoms with Gasteiger partial charge in [-0.1, -0.05) is 35.9 Å². The number of carbonyl (C=O) groups is 2. The smallest absolute Gasteiger partial charge is 0.286 e. The van der Waals surface area contributed by atoms with Gasteiger partial charge in [-0.3, -0.25) is 19.0 Å². The van der Waals surface area contributed by atoms with Crippen LogP contribution in [0.15, 0.2) is 65.3 Å². The molecule has 7 rings (SSSR count).